The summed E-state index contributed by atoms with van der Waals surface area (Å²) in [5.41, 5.74) is 0.981. The minimum Gasteiger partial charge on any atom is -0.321 e. The van der Waals surface area contributed by atoms with E-state index in [1.54, 1.807) is 29.2 Å². The van der Waals surface area contributed by atoms with Gasteiger partial charge in [-0.15, -0.1) is 0 Å². The fraction of sp³-hybridized carbons (Fsp3) is 0.632. The van der Waals surface area contributed by atoms with Gasteiger partial charge in [-0.05, 0) is 39.2 Å². The van der Waals surface area contributed by atoms with Crippen LogP contribution in [0.2, 0.25) is 0 Å². The smallest absolute Gasteiger partial charge is 0.321 e. The van der Waals surface area contributed by atoms with Gasteiger partial charge in [-0.1, -0.05) is 31.5 Å². The van der Waals surface area contributed by atoms with Gasteiger partial charge in [-0.3, -0.25) is 0 Å². The summed E-state index contributed by atoms with van der Waals surface area (Å²) in [6.45, 7) is 10.9. The minimum atomic E-state index is -3.89. The van der Waals surface area contributed by atoms with Crippen molar-refractivity contribution in [2.24, 2.45) is 0 Å². The number of likely N-dealkylation sites (N-methyl/N-ethyl adjacent to an activating group) is 2. The van der Waals surface area contributed by atoms with Crippen LogP contribution in [0.5, 0.6) is 0 Å². The number of urea groups is 1. The van der Waals surface area contributed by atoms with E-state index in [-0.39, 0.29) is 11.4 Å². The molecule has 0 bridgehead atoms. The molecule has 2 rings (SSSR count). The topological polar surface area (TPSA) is 64.2 Å². The van der Waals surface area contributed by atoms with Crippen molar-refractivity contribution in [2.75, 3.05) is 59.4 Å². The molecule has 0 aromatic heterocycles. The number of amides is 2. The van der Waals surface area contributed by atoms with Crippen LogP contribution in [0.1, 0.15) is 19.4 Å². The van der Waals surface area contributed by atoms with E-state index in [0.29, 0.717) is 19.6 Å². The number of rotatable bonds is 7. The first-order valence-corrected chi connectivity index (χ1v) is 11.0. The highest BCUT2D eigenvalue weighted by Crippen LogP contribution is 2.19. The third kappa shape index (κ3) is 5.43. The Kier molecular flexibility index (Phi) is 7.64. The normalized spacial score (nSPS) is 16.0. The van der Waals surface area contributed by atoms with Crippen molar-refractivity contribution in [3.8, 4) is 0 Å². The summed E-state index contributed by atoms with van der Waals surface area (Å²) in [4.78, 5) is 19.2. The molecule has 1 fully saturated rings. The number of carbonyl (C=O) groups is 1. The summed E-state index contributed by atoms with van der Waals surface area (Å²) in [7, 11) is -1.89. The highest BCUT2D eigenvalue weighted by molar-refractivity contribution is 7.89. The number of benzene rings is 1. The van der Waals surface area contributed by atoms with Crippen LogP contribution in [0.3, 0.4) is 0 Å². The van der Waals surface area contributed by atoms with Gasteiger partial charge in [0.15, 0.2) is 0 Å². The van der Waals surface area contributed by atoms with E-state index in [4.69, 9.17) is 0 Å². The number of hydrogen-bond donors (Lipinski definition) is 0. The van der Waals surface area contributed by atoms with Crippen molar-refractivity contribution < 1.29 is 13.2 Å². The van der Waals surface area contributed by atoms with Gasteiger partial charge in [0.1, 0.15) is 0 Å². The van der Waals surface area contributed by atoms with E-state index in [9.17, 15) is 13.2 Å². The van der Waals surface area contributed by atoms with Gasteiger partial charge in [-0.25, -0.2) is 17.5 Å². The molecule has 0 spiro atoms. The lowest BCUT2D eigenvalue weighted by Gasteiger charge is -2.36. The molecule has 1 aromatic rings. The van der Waals surface area contributed by atoms with Crippen LogP contribution in [-0.4, -0.2) is 92.9 Å². The van der Waals surface area contributed by atoms with Gasteiger partial charge in [0.05, 0.1) is 11.4 Å². The van der Waals surface area contributed by atoms with Crippen LogP contribution in [0.15, 0.2) is 29.2 Å². The maximum absolute atomic E-state index is 13.2. The van der Waals surface area contributed by atoms with Crippen molar-refractivity contribution in [3.05, 3.63) is 29.8 Å². The summed E-state index contributed by atoms with van der Waals surface area (Å²) in [5.74, 6) is 0. The Morgan fingerprint density at radius 3 is 2.07 bits per heavy atom. The van der Waals surface area contributed by atoms with Crippen LogP contribution in [0.4, 0.5) is 4.79 Å². The van der Waals surface area contributed by atoms with Gasteiger partial charge in [0, 0.05) is 32.7 Å². The van der Waals surface area contributed by atoms with Crippen molar-refractivity contribution in [3.63, 3.8) is 0 Å². The second kappa shape index (κ2) is 9.52. The highest BCUT2D eigenvalue weighted by atomic mass is 32.2. The Labute approximate surface area is 163 Å². The molecule has 152 valence electrons. The van der Waals surface area contributed by atoms with E-state index < -0.39 is 16.1 Å². The summed E-state index contributed by atoms with van der Waals surface area (Å²) in [6.07, 6.45) is 0. The summed E-state index contributed by atoms with van der Waals surface area (Å²) in [5, 5.41) is 0. The molecule has 0 unspecified atom stereocenters. The van der Waals surface area contributed by atoms with Gasteiger partial charge in [0.2, 0.25) is 0 Å². The lowest BCUT2D eigenvalue weighted by molar-refractivity contribution is 0.137. The van der Waals surface area contributed by atoms with E-state index in [0.717, 1.165) is 36.0 Å². The van der Waals surface area contributed by atoms with E-state index in [2.05, 4.69) is 9.80 Å². The van der Waals surface area contributed by atoms with E-state index >= 15 is 0 Å². The Balaban J connectivity index is 2.27. The second-order valence-electron chi connectivity index (χ2n) is 6.99. The predicted octanol–water partition coefficient (Wildman–Crippen LogP) is 1.69. The standard InChI is InChI=1S/C19H32N4O3S/c1-5-21(6-2)13-16-23(19(24)22-14-11-20(4)12-15-22)27(25,26)18-9-7-17(3)8-10-18/h7-10H,5-6,11-16H2,1-4H3. The van der Waals surface area contributed by atoms with Crippen LogP contribution in [-0.2, 0) is 10.0 Å². The zero-order chi connectivity index (χ0) is 20.0. The maximum atomic E-state index is 13.2. The fourth-order valence-corrected chi connectivity index (χ4v) is 4.46. The Bertz CT molecular complexity index is 709. The third-order valence-electron chi connectivity index (χ3n) is 5.11. The molecule has 0 radical (unpaired) electrons. The number of aryl methyl sites for hydroxylation is 1. The fourth-order valence-electron chi connectivity index (χ4n) is 3.08. The number of sulfonamides is 1. The van der Waals surface area contributed by atoms with Crippen molar-refractivity contribution in [1.82, 2.24) is 19.0 Å². The first-order chi connectivity index (χ1) is 12.8. The Morgan fingerprint density at radius 2 is 1.56 bits per heavy atom. The summed E-state index contributed by atoms with van der Waals surface area (Å²) in [6, 6.07) is 6.25. The molecular weight excluding hydrogens is 364 g/mol. The van der Waals surface area contributed by atoms with Crippen molar-refractivity contribution >= 4 is 16.1 Å². The SMILES string of the molecule is CCN(CC)CCN(C(=O)N1CCN(C)CC1)S(=O)(=O)c1ccc(C)cc1. The van der Waals surface area contributed by atoms with E-state index in [1.165, 1.54) is 0 Å². The predicted molar refractivity (Wildman–Crippen MR) is 107 cm³/mol. The lowest BCUT2D eigenvalue weighted by Crippen LogP contribution is -2.54. The largest absolute Gasteiger partial charge is 0.334 e. The minimum absolute atomic E-state index is 0.156. The van der Waals surface area contributed by atoms with Crippen LogP contribution in [0.25, 0.3) is 0 Å². The quantitative estimate of drug-likeness (QED) is 0.702. The van der Waals surface area contributed by atoms with Crippen molar-refractivity contribution in [2.45, 2.75) is 25.7 Å². The zero-order valence-electron chi connectivity index (χ0n) is 16.9. The summed E-state index contributed by atoms with van der Waals surface area (Å²) >= 11 is 0. The number of hydrogen-bond acceptors (Lipinski definition) is 5. The lowest BCUT2D eigenvalue weighted by atomic mass is 10.2. The first kappa shape index (κ1) is 21.7. The average molecular weight is 397 g/mol. The molecule has 27 heavy (non-hydrogen) atoms. The molecule has 1 heterocycles. The van der Waals surface area contributed by atoms with Crippen LogP contribution < -0.4 is 0 Å². The van der Waals surface area contributed by atoms with Gasteiger partial charge in [-0.2, -0.15) is 0 Å². The van der Waals surface area contributed by atoms with Crippen LogP contribution in [0, 0.1) is 6.92 Å². The molecule has 1 saturated heterocycles. The monoisotopic (exact) mass is 396 g/mol. The molecule has 8 heteroatoms. The molecule has 1 aliphatic heterocycles. The van der Waals surface area contributed by atoms with Crippen LogP contribution >= 0.6 is 0 Å². The average Bonchev–Trinajstić information content (AvgIpc) is 2.65. The van der Waals surface area contributed by atoms with E-state index in [1.807, 2.05) is 27.8 Å². The maximum Gasteiger partial charge on any atom is 0.334 e. The second-order valence-corrected chi connectivity index (χ2v) is 8.85. The first-order valence-electron chi connectivity index (χ1n) is 9.58. The van der Waals surface area contributed by atoms with Gasteiger partial charge < -0.3 is 14.7 Å². The highest BCUT2D eigenvalue weighted by Gasteiger charge is 2.33. The molecule has 1 aliphatic rings. The molecule has 0 saturated carbocycles. The zero-order valence-corrected chi connectivity index (χ0v) is 17.7. The Hall–Kier alpha value is -1.64. The third-order valence-corrected chi connectivity index (χ3v) is 6.90. The van der Waals surface area contributed by atoms with Gasteiger partial charge >= 0.3 is 6.03 Å². The molecule has 0 N–H and O–H groups in total. The Morgan fingerprint density at radius 1 is 1.00 bits per heavy atom. The number of piperazine rings is 1. The summed E-state index contributed by atoms with van der Waals surface area (Å²) < 4.78 is 27.5. The molecular formula is C19H32N4O3S. The molecule has 1 aromatic carbocycles. The molecule has 2 amide bonds. The van der Waals surface area contributed by atoms with Gasteiger partial charge in [0.25, 0.3) is 10.0 Å². The van der Waals surface area contributed by atoms with Crippen molar-refractivity contribution in [1.29, 1.82) is 0 Å². The number of carbonyl (C=O) groups excluding carboxylic acids is 1. The molecule has 0 atom stereocenters. The molecule has 0 aliphatic carbocycles. The molecule has 7 nitrogen and oxygen atoms in total. The number of nitrogens with zero attached hydrogens (tertiary/aromatic N) is 4.